The van der Waals surface area contributed by atoms with Gasteiger partial charge in [-0.3, -0.25) is 19.9 Å². The fourth-order valence-electron chi connectivity index (χ4n) is 6.57. The third kappa shape index (κ3) is 30.7. The van der Waals surface area contributed by atoms with Gasteiger partial charge >= 0.3 is 68.9 Å². The largest absolute Gasteiger partial charge is 1.00 e. The quantitative estimate of drug-likeness (QED) is 0.0735. The molecule has 6 rings (SSSR count). The van der Waals surface area contributed by atoms with Crippen LogP contribution in [0.2, 0.25) is 0 Å². The Bertz CT molecular complexity index is 2560. The van der Waals surface area contributed by atoms with Gasteiger partial charge in [0.2, 0.25) is 0 Å². The maximum absolute atomic E-state index is 13.8. The zero-order valence-corrected chi connectivity index (χ0v) is 49.5. The van der Waals surface area contributed by atoms with Gasteiger partial charge in [0, 0.05) is 60.1 Å². The van der Waals surface area contributed by atoms with Crippen molar-refractivity contribution >= 4 is 16.7 Å². The maximum Gasteiger partial charge on any atom is 1.00 e. The van der Waals surface area contributed by atoms with Crippen molar-refractivity contribution in [3.63, 3.8) is 0 Å². The fraction of sp³-hybridized carbons (Fsp3) is 0.379. The minimum absolute atomic E-state index is 0. The maximum atomic E-state index is 13.8. The molecule has 0 aliphatic carbocycles. The molecule has 0 aliphatic rings. The first kappa shape index (κ1) is 78.6. The second-order valence-corrected chi connectivity index (χ2v) is 21.9. The summed E-state index contributed by atoms with van der Waals surface area (Å²) < 4.78 is 134. The van der Waals surface area contributed by atoms with Gasteiger partial charge in [-0.25, -0.2) is 26.8 Å². The topological polar surface area (TPSA) is 125 Å². The molecule has 6 aromatic rings. The van der Waals surface area contributed by atoms with Crippen molar-refractivity contribution in [2.45, 2.75) is 129 Å². The van der Waals surface area contributed by atoms with Crippen LogP contribution in [0.15, 0.2) is 138 Å². The molecule has 2 N–H and O–H groups in total. The van der Waals surface area contributed by atoms with E-state index in [9.17, 15) is 39.3 Å². The number of benzene rings is 2. The van der Waals surface area contributed by atoms with E-state index in [1.165, 1.54) is 76.6 Å². The van der Waals surface area contributed by atoms with E-state index < -0.39 is 81.1 Å². The number of nitrogens with two attached hydrogens (primary N) is 1. The Balaban J connectivity index is -0.000000991. The van der Waals surface area contributed by atoms with Crippen LogP contribution in [0.3, 0.4) is 0 Å². The number of hydrogen-bond acceptors (Lipinski definition) is 8. The molecule has 21 heteroatoms. The average molecular weight is 1110 g/mol. The van der Waals surface area contributed by atoms with Gasteiger partial charge in [-0.2, -0.15) is 63.6 Å². The molecule has 0 spiro atoms. The first-order valence-corrected chi connectivity index (χ1v) is 24.8. The summed E-state index contributed by atoms with van der Waals surface area (Å²) in [5, 5.41) is 0. The fourth-order valence-corrected chi connectivity index (χ4v) is 7.21. The molecule has 0 aliphatic heterocycles. The zero-order valence-electron chi connectivity index (χ0n) is 48.7. The smallest absolute Gasteiger partial charge is 0.496 e. The van der Waals surface area contributed by atoms with Crippen molar-refractivity contribution < 1.29 is 105 Å². The monoisotopic (exact) mass is 1110 g/mol. The van der Waals surface area contributed by atoms with E-state index in [0.717, 1.165) is 23.1 Å². The van der Waals surface area contributed by atoms with Gasteiger partial charge in [0.25, 0.3) is 0 Å². The second-order valence-electron chi connectivity index (χ2n) is 20.0. The van der Waals surface area contributed by atoms with Crippen molar-refractivity contribution in [3.8, 4) is 11.5 Å². The standard InChI is InChI=1S/C19H22F4N2O.C17H23F4NO2S.C6H7N.2C6H6N.C4H9.3Li/c1-17(2,15-10-13(20)7-8-16(15)26-3)12-18(24,19(21,22)23)11-14-6-4-5-9-25-14;1-15(2,3)25(23)22-14(17(19,20)21)10-16(4,5)12-9-11(18)7-8-13(12)24-6;3*1-6-4-2-3-5-7-6;1-4(2)3;;;/h4-10H,11-12,24H2,1-3H3;7-9H,10H2,1-6H3;2-5H,1H3;2*2-5H,1H2;1-3H3;;;/q;;;3*-1;3*+1. The first-order chi connectivity index (χ1) is 35.1. The van der Waals surface area contributed by atoms with Gasteiger partial charge in [-0.05, 0) is 106 Å². The van der Waals surface area contributed by atoms with Crippen LogP contribution in [0, 0.1) is 38.3 Å². The summed E-state index contributed by atoms with van der Waals surface area (Å²) in [5.41, 5.74) is 3.55. The summed E-state index contributed by atoms with van der Waals surface area (Å²) in [4.78, 5) is 15.7. The summed E-state index contributed by atoms with van der Waals surface area (Å²) in [5.74, 6) is 0.893. The van der Waals surface area contributed by atoms with E-state index >= 15 is 0 Å². The number of nitrogens with zero attached hydrogens (tertiary/aromatic N) is 5. The van der Waals surface area contributed by atoms with E-state index in [0.29, 0.717) is 11.3 Å². The third-order valence-corrected chi connectivity index (χ3v) is 11.7. The van der Waals surface area contributed by atoms with Crippen LogP contribution >= 0.6 is 0 Å². The predicted molar refractivity (Wildman–Crippen MR) is 290 cm³/mol. The summed E-state index contributed by atoms with van der Waals surface area (Å²) in [7, 11) is 0.697. The normalized spacial score (nSPS) is 12.4. The van der Waals surface area contributed by atoms with Crippen molar-refractivity contribution in [1.82, 2.24) is 19.9 Å². The van der Waals surface area contributed by atoms with Crippen LogP contribution in [0.4, 0.5) is 35.1 Å². The summed E-state index contributed by atoms with van der Waals surface area (Å²) in [6.45, 7) is 26.3. The van der Waals surface area contributed by atoms with Crippen molar-refractivity contribution in [1.29, 1.82) is 0 Å². The molecule has 9 nitrogen and oxygen atoms in total. The molecule has 4 aromatic heterocycles. The second kappa shape index (κ2) is 36.7. The molecule has 0 saturated carbocycles. The predicted octanol–water partition coefficient (Wildman–Crippen LogP) is 5.92. The number of pyridine rings is 4. The first-order valence-electron chi connectivity index (χ1n) is 23.7. The number of methoxy groups -OCH3 is 2. The Morgan fingerprint density at radius 3 is 1.29 bits per heavy atom. The van der Waals surface area contributed by atoms with Crippen LogP contribution in [-0.2, 0) is 28.2 Å². The molecule has 0 radical (unpaired) electrons. The Hall–Kier alpha value is -4.61. The number of aromatic nitrogens is 4. The SMILES string of the molecule is COc1ccc(F)cc1C(C)(C)CC(=NS(=O)C(C)(C)C)C(F)(F)F.COc1ccc(F)cc1C(C)(C)CC(N)(Cc1ccccn1)C(F)(F)F.C[C-](C)C.Cc1ccccn1.[CH2-]c1ccccn1.[CH2-]c1ccccn1.[Li+].[Li+].[Li+]. The number of hydrogen-bond donors (Lipinski definition) is 1. The number of halogens is 8. The summed E-state index contributed by atoms with van der Waals surface area (Å²) >= 11 is 0. The minimum Gasteiger partial charge on any atom is -0.496 e. The molecule has 418 valence electrons. The molecule has 4 heterocycles. The Labute approximate surface area is 502 Å². The van der Waals surface area contributed by atoms with E-state index in [-0.39, 0.29) is 73.6 Å². The summed E-state index contributed by atoms with van der Waals surface area (Å²) in [6, 6.07) is 29.4. The van der Waals surface area contributed by atoms with E-state index in [1.807, 2.05) is 61.5 Å². The van der Waals surface area contributed by atoms with E-state index in [4.69, 9.17) is 15.2 Å². The van der Waals surface area contributed by atoms with Crippen LogP contribution in [0.1, 0.15) is 116 Å². The number of ether oxygens (including phenoxy) is 2. The Morgan fingerprint density at radius 2 is 1.01 bits per heavy atom. The van der Waals surface area contributed by atoms with Gasteiger partial charge < -0.3 is 21.1 Å². The molecule has 2 atom stereocenters. The molecular weight excluding hydrogens is 1030 g/mol. The Kier molecular flexibility index (Phi) is 36.5. The summed E-state index contributed by atoms with van der Waals surface area (Å²) in [6.07, 6.45) is -4.23. The zero-order chi connectivity index (χ0) is 58.1. The molecule has 0 amide bonds. The molecular formula is C58H73F8Li3N6O3S. The van der Waals surface area contributed by atoms with Crippen molar-refractivity contribution in [2.24, 2.45) is 10.1 Å². The van der Waals surface area contributed by atoms with Crippen molar-refractivity contribution in [3.05, 3.63) is 199 Å². The number of aryl methyl sites for hydroxylation is 1. The minimum atomic E-state index is -4.74. The number of alkyl halides is 6. The van der Waals surface area contributed by atoms with Crippen LogP contribution in [-0.4, -0.2) is 66.7 Å². The molecule has 0 bridgehead atoms. The van der Waals surface area contributed by atoms with Gasteiger partial charge in [0.1, 0.15) is 45.4 Å². The van der Waals surface area contributed by atoms with Gasteiger partial charge in [-0.15, -0.1) is 23.5 Å². The van der Waals surface area contributed by atoms with E-state index in [2.05, 4.69) is 59.0 Å². The molecule has 79 heavy (non-hydrogen) atoms. The van der Waals surface area contributed by atoms with Crippen molar-refractivity contribution in [2.75, 3.05) is 14.2 Å². The number of rotatable bonds is 11. The van der Waals surface area contributed by atoms with E-state index in [1.54, 1.807) is 65.3 Å². The average Bonchev–Trinajstić information content (AvgIpc) is 3.32. The van der Waals surface area contributed by atoms with Crippen LogP contribution in [0.25, 0.3) is 0 Å². The Morgan fingerprint density at radius 1 is 0.620 bits per heavy atom. The van der Waals surface area contributed by atoms with Gasteiger partial charge in [0.05, 0.1) is 19.0 Å². The van der Waals surface area contributed by atoms with Crippen LogP contribution < -0.4 is 71.8 Å². The van der Waals surface area contributed by atoms with Crippen LogP contribution in [0.5, 0.6) is 11.5 Å². The van der Waals surface area contributed by atoms with Gasteiger partial charge in [-0.1, -0.05) is 52.0 Å². The van der Waals surface area contributed by atoms with Gasteiger partial charge in [0.15, 0.2) is 0 Å². The molecule has 0 fully saturated rings. The third-order valence-electron chi connectivity index (χ3n) is 10.2. The molecule has 2 aromatic carbocycles. The molecule has 0 saturated heterocycles. The molecule has 2 unspecified atom stereocenters.